The Bertz CT molecular complexity index is 1220. The quantitative estimate of drug-likeness (QED) is 0.0203. The molecule has 0 saturated carbocycles. The van der Waals surface area contributed by atoms with Gasteiger partial charge in [0.15, 0.2) is 18.7 Å². The van der Waals surface area contributed by atoms with Crippen LogP contribution in [0.5, 0.6) is 0 Å². The van der Waals surface area contributed by atoms with E-state index in [1.54, 1.807) is 0 Å². The second kappa shape index (κ2) is 37.0. The van der Waals surface area contributed by atoms with Gasteiger partial charge in [-0.2, -0.15) is 0 Å². The average Bonchev–Trinajstić information content (AvgIpc) is 3.29. The van der Waals surface area contributed by atoms with Crippen LogP contribution in [-0.2, 0) is 38.0 Å². The molecule has 0 aliphatic carbocycles. The van der Waals surface area contributed by atoms with Crippen molar-refractivity contribution >= 4 is 11.9 Å². The first-order valence-corrected chi connectivity index (χ1v) is 24.9. The first-order chi connectivity index (χ1) is 31.0. The number of unbranched alkanes of at least 4 members (excludes halogenated alkanes) is 20. The maximum atomic E-state index is 13.0. The summed E-state index contributed by atoms with van der Waals surface area (Å²) in [6, 6.07) is 0. The molecule has 0 aromatic heterocycles. The third-order valence-electron chi connectivity index (χ3n) is 11.9. The molecular weight excluding hydrogens is 829 g/mol. The smallest absolute Gasteiger partial charge is 0.306 e. The molecule has 2 heterocycles. The van der Waals surface area contributed by atoms with Gasteiger partial charge in [0.2, 0.25) is 0 Å². The Morgan fingerprint density at radius 1 is 0.484 bits per heavy atom. The van der Waals surface area contributed by atoms with E-state index in [1.165, 1.54) is 64.2 Å². The number of carbonyl (C=O) groups is 2. The van der Waals surface area contributed by atoms with Crippen LogP contribution in [0.1, 0.15) is 181 Å². The Balaban J connectivity index is 1.83. The van der Waals surface area contributed by atoms with E-state index in [0.717, 1.165) is 77.0 Å². The zero-order valence-electron chi connectivity index (χ0n) is 39.3. The number of aliphatic hydroxyl groups is 7. The molecule has 0 spiro atoms. The summed E-state index contributed by atoms with van der Waals surface area (Å²) >= 11 is 0. The molecule has 2 aliphatic rings. The Kier molecular flexibility index (Phi) is 33.6. The Morgan fingerprint density at radius 3 is 1.41 bits per heavy atom. The zero-order valence-corrected chi connectivity index (χ0v) is 39.3. The number of carbonyl (C=O) groups excluding carboxylic acids is 2. The normalized spacial score (nSPS) is 26.8. The first-order valence-electron chi connectivity index (χ1n) is 24.9. The van der Waals surface area contributed by atoms with Crippen LogP contribution < -0.4 is 0 Å². The maximum Gasteiger partial charge on any atom is 0.306 e. The van der Waals surface area contributed by atoms with Gasteiger partial charge in [-0.25, -0.2) is 0 Å². The molecule has 11 unspecified atom stereocenters. The van der Waals surface area contributed by atoms with Gasteiger partial charge < -0.3 is 64.2 Å². The van der Waals surface area contributed by atoms with Gasteiger partial charge in [0.1, 0.15) is 55.4 Å². The fourth-order valence-electron chi connectivity index (χ4n) is 7.73. The Labute approximate surface area is 383 Å². The molecule has 374 valence electrons. The SMILES string of the molecule is CCCCC/C=C\CCCCCCCC(=O)OCC(COC1OC(COC2OC(CO)C(O)C(O)C2O)C(O)C(O)C1O)OC(=O)CCCCCCC/C=C\CCCCCCCCC. The summed E-state index contributed by atoms with van der Waals surface area (Å²) in [5.41, 5.74) is 0. The molecule has 11 atom stereocenters. The van der Waals surface area contributed by atoms with E-state index in [-0.39, 0.29) is 26.1 Å². The van der Waals surface area contributed by atoms with Crippen LogP contribution in [0, 0.1) is 0 Å². The molecule has 64 heavy (non-hydrogen) atoms. The Morgan fingerprint density at radius 2 is 0.891 bits per heavy atom. The van der Waals surface area contributed by atoms with Gasteiger partial charge in [0.25, 0.3) is 0 Å². The summed E-state index contributed by atoms with van der Waals surface area (Å²) in [5.74, 6) is -0.943. The van der Waals surface area contributed by atoms with Crippen molar-refractivity contribution in [3.05, 3.63) is 24.3 Å². The van der Waals surface area contributed by atoms with Gasteiger partial charge in [-0.15, -0.1) is 0 Å². The lowest BCUT2D eigenvalue weighted by Crippen LogP contribution is -2.61. The van der Waals surface area contributed by atoms with Crippen LogP contribution in [0.4, 0.5) is 0 Å². The van der Waals surface area contributed by atoms with Crippen LogP contribution in [-0.4, -0.2) is 142 Å². The summed E-state index contributed by atoms with van der Waals surface area (Å²) in [4.78, 5) is 25.7. The predicted octanol–water partition coefficient (Wildman–Crippen LogP) is 6.38. The summed E-state index contributed by atoms with van der Waals surface area (Å²) in [7, 11) is 0. The van der Waals surface area contributed by atoms with E-state index in [2.05, 4.69) is 38.2 Å². The second-order valence-electron chi connectivity index (χ2n) is 17.6. The molecule has 0 aromatic carbocycles. The molecule has 15 nitrogen and oxygen atoms in total. The van der Waals surface area contributed by atoms with E-state index in [1.807, 2.05) is 0 Å². The van der Waals surface area contributed by atoms with E-state index >= 15 is 0 Å². The highest BCUT2D eigenvalue weighted by Crippen LogP contribution is 2.26. The van der Waals surface area contributed by atoms with Crippen LogP contribution in [0.15, 0.2) is 24.3 Å². The monoisotopic (exact) mass is 917 g/mol. The molecular formula is C49H88O15. The number of rotatable bonds is 38. The number of esters is 2. The highest BCUT2D eigenvalue weighted by Gasteiger charge is 2.47. The van der Waals surface area contributed by atoms with Crippen molar-refractivity contribution in [2.45, 2.75) is 248 Å². The molecule has 7 N–H and O–H groups in total. The van der Waals surface area contributed by atoms with E-state index in [0.29, 0.717) is 12.8 Å². The molecule has 15 heteroatoms. The van der Waals surface area contributed by atoms with Crippen LogP contribution in [0.3, 0.4) is 0 Å². The van der Waals surface area contributed by atoms with Crippen molar-refractivity contribution in [3.8, 4) is 0 Å². The highest BCUT2D eigenvalue weighted by atomic mass is 16.7. The minimum Gasteiger partial charge on any atom is -0.462 e. The van der Waals surface area contributed by atoms with Crippen molar-refractivity contribution in [2.75, 3.05) is 26.4 Å². The van der Waals surface area contributed by atoms with Gasteiger partial charge in [-0.1, -0.05) is 128 Å². The molecule has 0 aromatic rings. The van der Waals surface area contributed by atoms with E-state index < -0.39 is 92.7 Å². The minimum atomic E-state index is -1.76. The van der Waals surface area contributed by atoms with E-state index in [9.17, 15) is 45.3 Å². The lowest BCUT2D eigenvalue weighted by atomic mass is 9.98. The van der Waals surface area contributed by atoms with Crippen LogP contribution in [0.2, 0.25) is 0 Å². The molecule has 0 amide bonds. The molecule has 2 fully saturated rings. The van der Waals surface area contributed by atoms with Crippen molar-refractivity contribution < 1.29 is 73.8 Å². The topological polar surface area (TPSA) is 231 Å². The number of hydrogen-bond acceptors (Lipinski definition) is 15. The third-order valence-corrected chi connectivity index (χ3v) is 11.9. The molecule has 2 aliphatic heterocycles. The van der Waals surface area contributed by atoms with Gasteiger partial charge >= 0.3 is 11.9 Å². The maximum absolute atomic E-state index is 13.0. The van der Waals surface area contributed by atoms with Crippen LogP contribution >= 0.6 is 0 Å². The minimum absolute atomic E-state index is 0.155. The summed E-state index contributed by atoms with van der Waals surface area (Å²) in [5, 5.41) is 72.0. The van der Waals surface area contributed by atoms with Crippen molar-refractivity contribution in [1.29, 1.82) is 0 Å². The number of aliphatic hydroxyl groups excluding tert-OH is 7. The fraction of sp³-hybridized carbons (Fsp3) is 0.878. The molecule has 0 radical (unpaired) electrons. The van der Waals surface area contributed by atoms with Crippen molar-refractivity contribution in [2.24, 2.45) is 0 Å². The van der Waals surface area contributed by atoms with Crippen LogP contribution in [0.25, 0.3) is 0 Å². The molecule has 2 rings (SSSR count). The lowest BCUT2D eigenvalue weighted by Gasteiger charge is -2.42. The molecule has 0 bridgehead atoms. The van der Waals surface area contributed by atoms with Gasteiger partial charge in [-0.05, 0) is 64.2 Å². The van der Waals surface area contributed by atoms with Gasteiger partial charge in [0, 0.05) is 12.8 Å². The highest BCUT2D eigenvalue weighted by molar-refractivity contribution is 5.70. The second-order valence-corrected chi connectivity index (χ2v) is 17.6. The fourth-order valence-corrected chi connectivity index (χ4v) is 7.73. The predicted molar refractivity (Wildman–Crippen MR) is 243 cm³/mol. The largest absolute Gasteiger partial charge is 0.462 e. The lowest BCUT2D eigenvalue weighted by molar-refractivity contribution is -0.332. The van der Waals surface area contributed by atoms with Gasteiger partial charge in [-0.3, -0.25) is 9.59 Å². The van der Waals surface area contributed by atoms with Crippen molar-refractivity contribution in [1.82, 2.24) is 0 Å². The number of allylic oxidation sites excluding steroid dienone is 4. The van der Waals surface area contributed by atoms with E-state index in [4.69, 9.17) is 28.4 Å². The summed E-state index contributed by atoms with van der Waals surface area (Å²) in [6.07, 6.45) is 19.2. The standard InChI is InChI=1S/C49H88O15/c1-3-5-7-9-11-13-15-17-18-19-20-22-24-26-28-30-32-41(52)62-37(34-59-40(51)31-29-27-25-23-21-16-14-12-10-8-6-4-2)35-60-48-47(58)45(56)43(54)39(64-48)36-61-49-46(57)44(55)42(53)38(33-50)63-49/h12,14,18-19,37-39,42-50,53-58H,3-11,13,15-17,20-36H2,1-2H3/b14-12-,19-18-. The average molecular weight is 917 g/mol. The number of ether oxygens (including phenoxy) is 6. The summed E-state index contributed by atoms with van der Waals surface area (Å²) in [6.45, 7) is 2.54. The Hall–Kier alpha value is -2.02. The zero-order chi connectivity index (χ0) is 46.8. The summed E-state index contributed by atoms with van der Waals surface area (Å²) < 4.78 is 33.5. The first kappa shape index (κ1) is 58.1. The third kappa shape index (κ3) is 25.2. The van der Waals surface area contributed by atoms with Gasteiger partial charge in [0.05, 0.1) is 19.8 Å². The number of hydrogen-bond donors (Lipinski definition) is 7. The molecule has 2 saturated heterocycles. The van der Waals surface area contributed by atoms with Crippen molar-refractivity contribution in [3.63, 3.8) is 0 Å².